The van der Waals surface area contributed by atoms with Crippen molar-refractivity contribution in [3.05, 3.63) is 57.9 Å². The molecule has 7 heteroatoms. The number of nitro groups is 1. The summed E-state index contributed by atoms with van der Waals surface area (Å²) < 4.78 is 0. The van der Waals surface area contributed by atoms with E-state index in [4.69, 9.17) is 0 Å². The Kier molecular flexibility index (Phi) is 4.09. The molecule has 0 radical (unpaired) electrons. The van der Waals surface area contributed by atoms with Crippen LogP contribution < -0.4 is 5.32 Å². The molecule has 0 bridgehead atoms. The lowest BCUT2D eigenvalue weighted by molar-refractivity contribution is -0.385. The third-order valence-corrected chi connectivity index (χ3v) is 2.94. The topological polar surface area (TPSA) is 101 Å². The molecule has 1 heterocycles. The molecule has 0 fully saturated rings. The molecule has 2 rings (SSSR count). The van der Waals surface area contributed by atoms with Crippen LogP contribution in [0.2, 0.25) is 0 Å². The standard InChI is InChI=1S/C13H14N4O3/c1-9(11-7-14-15-8-11)16-13(18)6-10-4-2-3-5-12(10)17(19)20/h2-5,7-9H,6H2,1H3,(H,14,15)(H,16,18). The molecule has 1 aromatic heterocycles. The molecule has 0 saturated carbocycles. The smallest absolute Gasteiger partial charge is 0.273 e. The summed E-state index contributed by atoms with van der Waals surface area (Å²) in [6.07, 6.45) is 3.28. The number of benzene rings is 1. The van der Waals surface area contributed by atoms with Crippen LogP contribution in [-0.4, -0.2) is 21.0 Å². The molecule has 0 aliphatic carbocycles. The van der Waals surface area contributed by atoms with Crippen molar-refractivity contribution < 1.29 is 9.72 Å². The van der Waals surface area contributed by atoms with Crippen molar-refractivity contribution in [1.82, 2.24) is 15.5 Å². The Morgan fingerprint density at radius 3 is 2.90 bits per heavy atom. The molecule has 2 aromatic rings. The fourth-order valence-corrected chi connectivity index (χ4v) is 1.88. The van der Waals surface area contributed by atoms with E-state index >= 15 is 0 Å². The zero-order chi connectivity index (χ0) is 14.5. The van der Waals surface area contributed by atoms with Gasteiger partial charge in [-0.1, -0.05) is 18.2 Å². The van der Waals surface area contributed by atoms with Crippen LogP contribution in [0.25, 0.3) is 0 Å². The molecular weight excluding hydrogens is 260 g/mol. The first kappa shape index (κ1) is 13.7. The monoisotopic (exact) mass is 274 g/mol. The second kappa shape index (κ2) is 5.96. The van der Waals surface area contributed by atoms with Gasteiger partial charge in [-0.15, -0.1) is 0 Å². The van der Waals surface area contributed by atoms with Gasteiger partial charge in [-0.3, -0.25) is 20.0 Å². The molecule has 0 saturated heterocycles. The summed E-state index contributed by atoms with van der Waals surface area (Å²) in [7, 11) is 0. The maximum atomic E-state index is 11.9. The Labute approximate surface area is 115 Å². The van der Waals surface area contributed by atoms with Crippen molar-refractivity contribution in [1.29, 1.82) is 0 Å². The Morgan fingerprint density at radius 2 is 2.25 bits per heavy atom. The van der Waals surface area contributed by atoms with Crippen LogP contribution in [0.4, 0.5) is 5.69 Å². The average molecular weight is 274 g/mol. The summed E-state index contributed by atoms with van der Waals surface area (Å²) in [5.41, 5.74) is 1.20. The number of aromatic nitrogens is 2. The zero-order valence-corrected chi connectivity index (χ0v) is 10.9. The molecule has 0 spiro atoms. The molecule has 0 aliphatic rings. The summed E-state index contributed by atoms with van der Waals surface area (Å²) in [5, 5.41) is 20.1. The number of carbonyl (C=O) groups excluding carboxylic acids is 1. The van der Waals surface area contributed by atoms with Gasteiger partial charge < -0.3 is 5.32 Å². The zero-order valence-electron chi connectivity index (χ0n) is 10.9. The first-order valence-corrected chi connectivity index (χ1v) is 6.08. The highest BCUT2D eigenvalue weighted by molar-refractivity contribution is 5.80. The van der Waals surface area contributed by atoms with E-state index in [1.807, 2.05) is 6.92 Å². The summed E-state index contributed by atoms with van der Waals surface area (Å²) in [4.78, 5) is 22.3. The van der Waals surface area contributed by atoms with Gasteiger partial charge in [-0.25, -0.2) is 0 Å². The highest BCUT2D eigenvalue weighted by Crippen LogP contribution is 2.18. The predicted octanol–water partition coefficient (Wildman–Crippen LogP) is 1.74. The van der Waals surface area contributed by atoms with E-state index in [1.165, 1.54) is 6.07 Å². The lowest BCUT2D eigenvalue weighted by Crippen LogP contribution is -2.28. The van der Waals surface area contributed by atoms with Crippen LogP contribution in [0.15, 0.2) is 36.7 Å². The molecule has 104 valence electrons. The Balaban J connectivity index is 2.03. The molecule has 1 unspecified atom stereocenters. The maximum absolute atomic E-state index is 11.9. The van der Waals surface area contributed by atoms with E-state index in [9.17, 15) is 14.9 Å². The number of carbonyl (C=O) groups is 1. The Morgan fingerprint density at radius 1 is 1.50 bits per heavy atom. The van der Waals surface area contributed by atoms with E-state index in [0.29, 0.717) is 5.56 Å². The number of nitro benzene ring substituents is 1. The van der Waals surface area contributed by atoms with Crippen molar-refractivity contribution in [2.45, 2.75) is 19.4 Å². The van der Waals surface area contributed by atoms with Gasteiger partial charge >= 0.3 is 0 Å². The fourth-order valence-electron chi connectivity index (χ4n) is 1.88. The fraction of sp³-hybridized carbons (Fsp3) is 0.231. The van der Waals surface area contributed by atoms with Gasteiger partial charge in [-0.2, -0.15) is 5.10 Å². The van der Waals surface area contributed by atoms with Crippen molar-refractivity contribution in [2.24, 2.45) is 0 Å². The quantitative estimate of drug-likeness (QED) is 0.640. The van der Waals surface area contributed by atoms with Gasteiger partial charge in [0.05, 0.1) is 23.6 Å². The van der Waals surface area contributed by atoms with E-state index < -0.39 is 4.92 Å². The van der Waals surface area contributed by atoms with E-state index in [2.05, 4.69) is 15.5 Å². The minimum absolute atomic E-state index is 0.0284. The largest absolute Gasteiger partial charge is 0.349 e. The molecule has 0 aliphatic heterocycles. The van der Waals surface area contributed by atoms with Crippen molar-refractivity contribution in [3.63, 3.8) is 0 Å². The Bertz CT molecular complexity index is 610. The van der Waals surface area contributed by atoms with Crippen LogP contribution in [0, 0.1) is 10.1 Å². The predicted molar refractivity (Wildman–Crippen MR) is 71.9 cm³/mol. The van der Waals surface area contributed by atoms with Gasteiger partial charge in [0.1, 0.15) is 0 Å². The van der Waals surface area contributed by atoms with Gasteiger partial charge in [0.25, 0.3) is 5.69 Å². The molecule has 2 N–H and O–H groups in total. The second-order valence-electron chi connectivity index (χ2n) is 4.38. The molecular formula is C13H14N4O3. The van der Waals surface area contributed by atoms with Crippen LogP contribution in [0.3, 0.4) is 0 Å². The summed E-state index contributed by atoms with van der Waals surface area (Å²) in [5.74, 6) is -0.270. The van der Waals surface area contributed by atoms with Gasteiger partial charge in [-0.05, 0) is 6.92 Å². The lowest BCUT2D eigenvalue weighted by atomic mass is 10.1. The SMILES string of the molecule is CC(NC(=O)Cc1ccccc1[N+](=O)[O-])c1cn[nH]c1. The number of hydrogen-bond donors (Lipinski definition) is 2. The summed E-state index contributed by atoms with van der Waals surface area (Å²) in [6.45, 7) is 1.82. The number of hydrogen-bond acceptors (Lipinski definition) is 4. The second-order valence-corrected chi connectivity index (χ2v) is 4.38. The van der Waals surface area contributed by atoms with Crippen LogP contribution >= 0.6 is 0 Å². The number of rotatable bonds is 5. The highest BCUT2D eigenvalue weighted by Gasteiger charge is 2.17. The Hall–Kier alpha value is -2.70. The summed E-state index contributed by atoms with van der Waals surface area (Å²) >= 11 is 0. The van der Waals surface area contributed by atoms with Crippen LogP contribution in [0.1, 0.15) is 24.1 Å². The van der Waals surface area contributed by atoms with E-state index in [-0.39, 0.29) is 24.1 Å². The number of nitrogens with zero attached hydrogens (tertiary/aromatic N) is 2. The minimum Gasteiger partial charge on any atom is -0.349 e. The highest BCUT2D eigenvalue weighted by atomic mass is 16.6. The number of para-hydroxylation sites is 1. The van der Waals surface area contributed by atoms with Crippen molar-refractivity contribution in [3.8, 4) is 0 Å². The third-order valence-electron chi connectivity index (χ3n) is 2.94. The van der Waals surface area contributed by atoms with Crippen LogP contribution in [0.5, 0.6) is 0 Å². The van der Waals surface area contributed by atoms with Crippen molar-refractivity contribution >= 4 is 11.6 Å². The minimum atomic E-state index is -0.484. The first-order valence-electron chi connectivity index (χ1n) is 6.08. The molecule has 1 amide bonds. The van der Waals surface area contributed by atoms with E-state index in [0.717, 1.165) is 5.56 Å². The number of aromatic amines is 1. The molecule has 7 nitrogen and oxygen atoms in total. The molecule has 1 aromatic carbocycles. The van der Waals surface area contributed by atoms with Gasteiger partial charge in [0.2, 0.25) is 5.91 Å². The maximum Gasteiger partial charge on any atom is 0.273 e. The summed E-state index contributed by atoms with van der Waals surface area (Å²) in [6, 6.07) is 6.02. The lowest BCUT2D eigenvalue weighted by Gasteiger charge is -2.12. The van der Waals surface area contributed by atoms with Gasteiger partial charge in [0.15, 0.2) is 0 Å². The normalized spacial score (nSPS) is 11.8. The molecule has 1 atom stereocenters. The van der Waals surface area contributed by atoms with E-state index in [1.54, 1.807) is 30.6 Å². The van der Waals surface area contributed by atoms with Crippen LogP contribution in [-0.2, 0) is 11.2 Å². The number of amides is 1. The number of nitrogens with one attached hydrogen (secondary N) is 2. The van der Waals surface area contributed by atoms with Crippen molar-refractivity contribution in [2.75, 3.05) is 0 Å². The first-order chi connectivity index (χ1) is 9.58. The average Bonchev–Trinajstić information content (AvgIpc) is 2.92. The van der Waals surface area contributed by atoms with Gasteiger partial charge in [0, 0.05) is 23.4 Å². The number of H-pyrrole nitrogens is 1. The third kappa shape index (κ3) is 3.19. The molecule has 20 heavy (non-hydrogen) atoms.